The minimum Gasteiger partial charge on any atom is -0.462 e. The Hall–Kier alpha value is -1.41. The molecule has 1 aliphatic carbocycles. The van der Waals surface area contributed by atoms with E-state index in [1.165, 1.54) is 109 Å². The molecule has 0 aromatic carbocycles. The van der Waals surface area contributed by atoms with Gasteiger partial charge in [-0.25, -0.2) is 4.57 Å². The Bertz CT molecular complexity index is 1090. The van der Waals surface area contributed by atoms with Gasteiger partial charge in [0.2, 0.25) is 0 Å². The van der Waals surface area contributed by atoms with Gasteiger partial charge in [-0.05, 0) is 38.5 Å². The fourth-order valence-corrected chi connectivity index (χ4v) is 8.26. The van der Waals surface area contributed by atoms with Gasteiger partial charge in [-0.2, -0.15) is 0 Å². The lowest BCUT2D eigenvalue weighted by atomic mass is 9.85. The van der Waals surface area contributed by atoms with Gasteiger partial charge in [-0.15, -0.1) is 0 Å². The maximum Gasteiger partial charge on any atom is 0.472 e. The van der Waals surface area contributed by atoms with Gasteiger partial charge >= 0.3 is 19.8 Å². The highest BCUT2D eigenvalue weighted by molar-refractivity contribution is 7.47. The third-order valence-electron chi connectivity index (χ3n) is 11.1. The molecule has 0 radical (unpaired) electrons. The molecule has 0 heterocycles. The van der Waals surface area contributed by atoms with Gasteiger partial charge in [0.05, 0.1) is 6.61 Å². The standard InChI is InChI=1S/C45H85O13P/c1-3-5-7-9-11-13-15-17-19-21-23-25-27-29-31-33-38(46)55-35-37(36-56-59(53,54)58-45-43(51)41(49)40(48)42(50)44(45)52)57-39(47)34-32-30-28-26-24-22-20-18-16-14-12-10-8-6-4-2/h18,20,37,40-45,48-52H,3-17,19,21-36H2,1-2H3,(H,53,54)/b20-18+/t37-,40?,41-,42?,43?,44?,45?/m1/s1. The number of unbranched alkanes of at least 4 members (excludes halogenated alkanes) is 25. The predicted molar refractivity (Wildman–Crippen MR) is 231 cm³/mol. The highest BCUT2D eigenvalue weighted by Gasteiger charge is 2.51. The van der Waals surface area contributed by atoms with Crippen molar-refractivity contribution < 1.29 is 63.1 Å². The summed E-state index contributed by atoms with van der Waals surface area (Å²) in [6.07, 6.45) is 24.1. The summed E-state index contributed by atoms with van der Waals surface area (Å²) in [4.78, 5) is 35.7. The predicted octanol–water partition coefficient (Wildman–Crippen LogP) is 9.06. The van der Waals surface area contributed by atoms with E-state index in [9.17, 15) is 44.6 Å². The minimum absolute atomic E-state index is 0.0909. The number of esters is 2. The maximum absolute atomic E-state index is 12.8. The molecule has 0 saturated heterocycles. The quantitative estimate of drug-likeness (QED) is 0.0148. The number of hydrogen-bond donors (Lipinski definition) is 6. The molecular formula is C45H85O13P. The second-order valence-electron chi connectivity index (χ2n) is 16.6. The van der Waals surface area contributed by atoms with E-state index in [1.807, 2.05) is 0 Å². The van der Waals surface area contributed by atoms with Crippen LogP contribution < -0.4 is 0 Å². The summed E-state index contributed by atoms with van der Waals surface area (Å²) in [5.74, 6) is -1.10. The summed E-state index contributed by atoms with van der Waals surface area (Å²) in [5.41, 5.74) is 0. The van der Waals surface area contributed by atoms with Crippen molar-refractivity contribution in [2.24, 2.45) is 0 Å². The molecule has 0 spiro atoms. The SMILES string of the molecule is CCCCCCCC/C=C/CCCCCCCC(=O)O[C@H](COC(=O)CCCCCCCCCCCCCCCCC)COP(=O)(O)OC1C(O)C(O)C(O)[C@@H](O)C1O. The van der Waals surface area contributed by atoms with E-state index in [1.54, 1.807) is 0 Å². The Labute approximate surface area is 356 Å². The third kappa shape index (κ3) is 28.7. The summed E-state index contributed by atoms with van der Waals surface area (Å²) in [5, 5.41) is 50.1. The van der Waals surface area contributed by atoms with Crippen LogP contribution in [0.25, 0.3) is 0 Å². The van der Waals surface area contributed by atoms with Crippen molar-refractivity contribution in [2.75, 3.05) is 13.2 Å². The third-order valence-corrected chi connectivity index (χ3v) is 12.1. The van der Waals surface area contributed by atoms with Crippen molar-refractivity contribution in [3.8, 4) is 0 Å². The fraction of sp³-hybridized carbons (Fsp3) is 0.911. The lowest BCUT2D eigenvalue weighted by Crippen LogP contribution is -2.64. The molecule has 14 heteroatoms. The largest absolute Gasteiger partial charge is 0.472 e. The molecule has 0 aromatic rings. The van der Waals surface area contributed by atoms with Crippen LogP contribution in [-0.2, 0) is 32.7 Å². The van der Waals surface area contributed by atoms with Gasteiger partial charge in [-0.3, -0.25) is 18.6 Å². The van der Waals surface area contributed by atoms with Crippen LogP contribution >= 0.6 is 7.82 Å². The van der Waals surface area contributed by atoms with Crippen molar-refractivity contribution in [1.82, 2.24) is 0 Å². The Morgan fingerprint density at radius 1 is 0.508 bits per heavy atom. The summed E-state index contributed by atoms with van der Waals surface area (Å²) in [6, 6.07) is 0. The summed E-state index contributed by atoms with van der Waals surface area (Å²) in [7, 11) is -5.11. The lowest BCUT2D eigenvalue weighted by Gasteiger charge is -2.41. The molecule has 1 fully saturated rings. The molecule has 348 valence electrons. The number of hydrogen-bond acceptors (Lipinski definition) is 12. The molecule has 59 heavy (non-hydrogen) atoms. The summed E-state index contributed by atoms with van der Waals surface area (Å²) in [6.45, 7) is 3.30. The normalized spacial score (nSPS) is 22.4. The van der Waals surface area contributed by atoms with Gasteiger partial charge in [-0.1, -0.05) is 167 Å². The van der Waals surface area contributed by atoms with Crippen LogP contribution in [0.5, 0.6) is 0 Å². The second-order valence-corrected chi connectivity index (χ2v) is 18.0. The zero-order valence-electron chi connectivity index (χ0n) is 36.8. The Kier molecular flexibility index (Phi) is 34.0. The van der Waals surface area contributed by atoms with Crippen molar-refractivity contribution in [3.63, 3.8) is 0 Å². The topological polar surface area (TPSA) is 210 Å². The van der Waals surface area contributed by atoms with Crippen LogP contribution in [0.2, 0.25) is 0 Å². The summed E-state index contributed by atoms with van der Waals surface area (Å²) < 4.78 is 33.5. The summed E-state index contributed by atoms with van der Waals surface area (Å²) >= 11 is 0. The molecule has 0 aliphatic heterocycles. The van der Waals surface area contributed by atoms with Crippen LogP contribution in [0.1, 0.15) is 206 Å². The number of ether oxygens (including phenoxy) is 2. The van der Waals surface area contributed by atoms with Gasteiger partial charge in [0, 0.05) is 12.8 Å². The second kappa shape index (κ2) is 36.1. The van der Waals surface area contributed by atoms with Crippen LogP contribution in [-0.4, -0.2) is 98.3 Å². The van der Waals surface area contributed by atoms with E-state index in [-0.39, 0.29) is 12.8 Å². The van der Waals surface area contributed by atoms with Crippen LogP contribution in [0.15, 0.2) is 12.2 Å². The van der Waals surface area contributed by atoms with Crippen molar-refractivity contribution in [1.29, 1.82) is 0 Å². The number of aliphatic hydroxyl groups excluding tert-OH is 5. The van der Waals surface area contributed by atoms with Gasteiger partial charge < -0.3 is 39.9 Å². The van der Waals surface area contributed by atoms with Crippen molar-refractivity contribution >= 4 is 19.8 Å². The van der Waals surface area contributed by atoms with Crippen LogP contribution in [0.4, 0.5) is 0 Å². The first-order valence-corrected chi connectivity index (χ1v) is 25.0. The number of allylic oxidation sites excluding steroid dienone is 2. The van der Waals surface area contributed by atoms with Crippen LogP contribution in [0.3, 0.4) is 0 Å². The van der Waals surface area contributed by atoms with E-state index in [4.69, 9.17) is 18.5 Å². The minimum atomic E-state index is -5.11. The van der Waals surface area contributed by atoms with Gasteiger partial charge in [0.25, 0.3) is 0 Å². The number of aliphatic hydroxyl groups is 5. The molecule has 0 aromatic heterocycles. The maximum atomic E-state index is 12.8. The average molecular weight is 865 g/mol. The number of carbonyl (C=O) groups is 2. The number of carbonyl (C=O) groups excluding carboxylic acids is 2. The first kappa shape index (κ1) is 55.6. The van der Waals surface area contributed by atoms with Gasteiger partial charge in [0.15, 0.2) is 6.10 Å². The molecule has 8 atom stereocenters. The Morgan fingerprint density at radius 2 is 0.864 bits per heavy atom. The first-order chi connectivity index (χ1) is 28.4. The molecular weight excluding hydrogens is 779 g/mol. The highest BCUT2D eigenvalue weighted by atomic mass is 31.2. The zero-order chi connectivity index (χ0) is 43.6. The smallest absolute Gasteiger partial charge is 0.462 e. The van der Waals surface area contributed by atoms with E-state index >= 15 is 0 Å². The molecule has 1 aliphatic rings. The molecule has 0 bridgehead atoms. The molecule has 0 amide bonds. The molecule has 1 saturated carbocycles. The Morgan fingerprint density at radius 3 is 1.29 bits per heavy atom. The van der Waals surface area contributed by atoms with E-state index in [0.29, 0.717) is 12.8 Å². The Balaban J connectivity index is 2.45. The van der Waals surface area contributed by atoms with Crippen molar-refractivity contribution in [3.05, 3.63) is 12.2 Å². The number of phosphoric ester groups is 1. The van der Waals surface area contributed by atoms with E-state index in [0.717, 1.165) is 57.8 Å². The lowest BCUT2D eigenvalue weighted by molar-refractivity contribution is -0.220. The van der Waals surface area contributed by atoms with Gasteiger partial charge in [0.1, 0.15) is 43.2 Å². The van der Waals surface area contributed by atoms with Crippen LogP contribution in [0, 0.1) is 0 Å². The molecule has 6 unspecified atom stereocenters. The first-order valence-electron chi connectivity index (χ1n) is 23.5. The average Bonchev–Trinajstić information content (AvgIpc) is 3.21. The monoisotopic (exact) mass is 865 g/mol. The number of rotatable bonds is 39. The van der Waals surface area contributed by atoms with Crippen molar-refractivity contribution in [2.45, 2.75) is 249 Å². The fourth-order valence-electron chi connectivity index (χ4n) is 7.28. The van der Waals surface area contributed by atoms with E-state index < -0.39 is 75.7 Å². The molecule has 6 N–H and O–H groups in total. The molecule has 1 rings (SSSR count). The number of phosphoric acid groups is 1. The van der Waals surface area contributed by atoms with E-state index in [2.05, 4.69) is 26.0 Å². The molecule has 13 nitrogen and oxygen atoms in total. The highest BCUT2D eigenvalue weighted by Crippen LogP contribution is 2.47. The zero-order valence-corrected chi connectivity index (χ0v) is 37.7.